The molecule has 0 aromatic carbocycles. The summed E-state index contributed by atoms with van der Waals surface area (Å²) in [6.07, 6.45) is 9.09. The highest BCUT2D eigenvalue weighted by atomic mass is 35.5. The molecule has 0 radical (unpaired) electrons. The van der Waals surface area contributed by atoms with Crippen molar-refractivity contribution in [3.05, 3.63) is 65.5 Å². The zero-order valence-corrected chi connectivity index (χ0v) is 12.4. The van der Waals surface area contributed by atoms with Crippen LogP contribution in [0.5, 0.6) is 0 Å². The van der Waals surface area contributed by atoms with Crippen molar-refractivity contribution >= 4 is 32.5 Å². The maximum Gasteiger partial charge on any atom is 0.268 e. The van der Waals surface area contributed by atoms with Crippen LogP contribution in [0.25, 0.3) is 10.9 Å². The molecule has 0 atom stereocenters. The van der Waals surface area contributed by atoms with Gasteiger partial charge in [-0.3, -0.25) is 0 Å². The highest BCUT2D eigenvalue weighted by Crippen LogP contribution is 2.23. The molecule has 4 nitrogen and oxygen atoms in total. The molecule has 0 spiro atoms. The van der Waals surface area contributed by atoms with Gasteiger partial charge in [-0.05, 0) is 25.1 Å². The van der Waals surface area contributed by atoms with Crippen molar-refractivity contribution in [1.82, 2.24) is 8.96 Å². The van der Waals surface area contributed by atoms with Crippen molar-refractivity contribution in [2.75, 3.05) is 0 Å². The van der Waals surface area contributed by atoms with Gasteiger partial charge in [0.15, 0.2) is 0 Å². The number of aromatic nitrogens is 2. The Morgan fingerprint density at radius 3 is 2.90 bits per heavy atom. The van der Waals surface area contributed by atoms with Gasteiger partial charge in [-0.15, -0.1) is 0 Å². The van der Waals surface area contributed by atoms with Crippen LogP contribution >= 0.6 is 11.6 Å². The van der Waals surface area contributed by atoms with Crippen LogP contribution in [0.1, 0.15) is 6.92 Å². The molecule has 20 heavy (non-hydrogen) atoms. The van der Waals surface area contributed by atoms with Gasteiger partial charge in [0, 0.05) is 23.8 Å². The summed E-state index contributed by atoms with van der Waals surface area (Å²) in [5, 5.41) is 0.948. The van der Waals surface area contributed by atoms with E-state index in [1.165, 1.54) is 40.7 Å². The van der Waals surface area contributed by atoms with E-state index in [1.54, 1.807) is 19.1 Å². The lowest BCUT2D eigenvalue weighted by atomic mass is 10.3. The second-order valence-electron chi connectivity index (χ2n) is 3.99. The summed E-state index contributed by atoms with van der Waals surface area (Å²) in [5.41, 5.74) is 0.490. The second-order valence-corrected chi connectivity index (χ2v) is 6.19. The SMILES string of the molecule is C=CC=C(C=CC)S(=O)(=O)n1ccc2cnc(Cl)cc21. The van der Waals surface area contributed by atoms with Crippen LogP contribution in [0, 0.1) is 0 Å². The van der Waals surface area contributed by atoms with E-state index in [9.17, 15) is 8.42 Å². The average Bonchev–Trinajstić information content (AvgIpc) is 2.82. The Kier molecular flexibility index (Phi) is 4.11. The monoisotopic (exact) mass is 308 g/mol. The fraction of sp³-hybridized carbons (Fsp3) is 0.0714. The largest absolute Gasteiger partial charge is 0.268 e. The minimum atomic E-state index is -3.69. The number of hydrogen-bond donors (Lipinski definition) is 0. The molecule has 0 N–H and O–H groups in total. The predicted octanol–water partition coefficient (Wildman–Crippen LogP) is 3.51. The number of pyridine rings is 1. The van der Waals surface area contributed by atoms with Crippen molar-refractivity contribution in [2.45, 2.75) is 6.92 Å². The lowest BCUT2D eigenvalue weighted by Gasteiger charge is -2.08. The van der Waals surface area contributed by atoms with Gasteiger partial charge >= 0.3 is 0 Å². The Labute approximate surface area is 122 Å². The summed E-state index contributed by atoms with van der Waals surface area (Å²) in [7, 11) is -3.69. The molecule has 0 saturated heterocycles. The Hall–Kier alpha value is -1.85. The van der Waals surface area contributed by atoms with Gasteiger partial charge < -0.3 is 0 Å². The van der Waals surface area contributed by atoms with Crippen LogP contribution in [0.2, 0.25) is 5.15 Å². The molecule has 0 saturated carbocycles. The van der Waals surface area contributed by atoms with Gasteiger partial charge in [0.2, 0.25) is 0 Å². The Bertz CT molecular complexity index is 817. The fourth-order valence-electron chi connectivity index (χ4n) is 1.81. The third-order valence-corrected chi connectivity index (χ3v) is 4.59. The van der Waals surface area contributed by atoms with Crippen molar-refractivity contribution in [3.63, 3.8) is 0 Å². The summed E-state index contributed by atoms with van der Waals surface area (Å²) in [6, 6.07) is 3.20. The first-order chi connectivity index (χ1) is 9.50. The Morgan fingerprint density at radius 2 is 2.25 bits per heavy atom. The number of allylic oxidation sites excluding steroid dienone is 4. The molecule has 2 aromatic heterocycles. The molecule has 0 amide bonds. The lowest BCUT2D eigenvalue weighted by Crippen LogP contribution is -2.12. The third-order valence-electron chi connectivity index (χ3n) is 2.68. The second kappa shape index (κ2) is 5.64. The van der Waals surface area contributed by atoms with Gasteiger partial charge in [-0.25, -0.2) is 17.4 Å². The molecule has 2 aromatic rings. The first-order valence-electron chi connectivity index (χ1n) is 5.84. The first kappa shape index (κ1) is 14.6. The van der Waals surface area contributed by atoms with Gasteiger partial charge in [-0.1, -0.05) is 30.3 Å². The predicted molar refractivity (Wildman–Crippen MR) is 82.2 cm³/mol. The minimum Gasteiger partial charge on any atom is -0.244 e. The van der Waals surface area contributed by atoms with Gasteiger partial charge in [0.25, 0.3) is 10.0 Å². The molecule has 0 unspecified atom stereocenters. The van der Waals surface area contributed by atoms with E-state index in [1.807, 2.05) is 0 Å². The van der Waals surface area contributed by atoms with Crippen molar-refractivity contribution in [1.29, 1.82) is 0 Å². The zero-order chi connectivity index (χ0) is 14.8. The molecular weight excluding hydrogens is 296 g/mol. The summed E-state index contributed by atoms with van der Waals surface area (Å²) < 4.78 is 26.4. The van der Waals surface area contributed by atoms with E-state index in [0.717, 1.165) is 0 Å². The van der Waals surface area contributed by atoms with Crippen LogP contribution in [0.15, 0.2) is 60.3 Å². The number of rotatable bonds is 4. The van der Waals surface area contributed by atoms with E-state index in [0.29, 0.717) is 10.9 Å². The molecule has 0 fully saturated rings. The highest BCUT2D eigenvalue weighted by molar-refractivity contribution is 7.94. The maximum absolute atomic E-state index is 12.6. The lowest BCUT2D eigenvalue weighted by molar-refractivity contribution is 0.596. The van der Waals surface area contributed by atoms with E-state index in [4.69, 9.17) is 11.6 Å². The van der Waals surface area contributed by atoms with Gasteiger partial charge in [0.1, 0.15) is 5.15 Å². The highest BCUT2D eigenvalue weighted by Gasteiger charge is 2.19. The van der Waals surface area contributed by atoms with Gasteiger partial charge in [0.05, 0.1) is 10.4 Å². The molecule has 0 bridgehead atoms. The molecular formula is C14H13ClN2O2S. The number of nitrogens with zero attached hydrogens (tertiary/aromatic N) is 2. The van der Waals surface area contributed by atoms with E-state index in [2.05, 4.69) is 11.6 Å². The Balaban J connectivity index is 2.71. The third kappa shape index (κ3) is 2.55. The minimum absolute atomic E-state index is 0.153. The van der Waals surface area contributed by atoms with Crippen LogP contribution < -0.4 is 0 Å². The summed E-state index contributed by atoms with van der Waals surface area (Å²) in [6.45, 7) is 5.29. The molecule has 0 aliphatic carbocycles. The van der Waals surface area contributed by atoms with E-state index < -0.39 is 10.0 Å². The first-order valence-corrected chi connectivity index (χ1v) is 7.66. The zero-order valence-electron chi connectivity index (χ0n) is 10.8. The van der Waals surface area contributed by atoms with Crippen molar-refractivity contribution in [3.8, 4) is 0 Å². The Morgan fingerprint density at radius 1 is 1.50 bits per heavy atom. The number of halogens is 1. The topological polar surface area (TPSA) is 52.0 Å². The van der Waals surface area contributed by atoms with E-state index >= 15 is 0 Å². The molecule has 2 heterocycles. The number of fused-ring (bicyclic) bond motifs is 1. The van der Waals surface area contributed by atoms with Crippen molar-refractivity contribution < 1.29 is 8.42 Å². The molecule has 2 rings (SSSR count). The van der Waals surface area contributed by atoms with Crippen LogP contribution in [0.4, 0.5) is 0 Å². The van der Waals surface area contributed by atoms with Crippen LogP contribution in [-0.4, -0.2) is 17.4 Å². The van der Waals surface area contributed by atoms with Crippen LogP contribution in [-0.2, 0) is 10.0 Å². The molecule has 104 valence electrons. The van der Waals surface area contributed by atoms with Crippen molar-refractivity contribution in [2.24, 2.45) is 0 Å². The summed E-state index contributed by atoms with van der Waals surface area (Å²) >= 11 is 5.84. The summed E-state index contributed by atoms with van der Waals surface area (Å²) in [5.74, 6) is 0. The smallest absolute Gasteiger partial charge is 0.244 e. The fourth-order valence-corrected chi connectivity index (χ4v) is 3.40. The standard InChI is InChI=1S/C14H13ClN2O2S/c1-3-5-12(6-4-2)20(18,19)17-8-7-11-10-16-14(15)9-13(11)17/h3-10H,1H2,2H3. The maximum atomic E-state index is 12.6. The van der Waals surface area contributed by atoms with Gasteiger partial charge in [-0.2, -0.15) is 0 Å². The average molecular weight is 309 g/mol. The normalized spacial score (nSPS) is 13.2. The summed E-state index contributed by atoms with van der Waals surface area (Å²) in [4.78, 5) is 4.09. The molecule has 6 heteroatoms. The van der Waals surface area contributed by atoms with Crippen LogP contribution in [0.3, 0.4) is 0 Å². The quantitative estimate of drug-likeness (QED) is 0.641. The van der Waals surface area contributed by atoms with E-state index in [-0.39, 0.29) is 10.1 Å². The molecule has 0 aliphatic rings. The number of hydrogen-bond acceptors (Lipinski definition) is 3. The molecule has 0 aliphatic heterocycles.